The fourth-order valence-electron chi connectivity index (χ4n) is 1.75. The van der Waals surface area contributed by atoms with Crippen molar-refractivity contribution >= 4 is 22.6 Å². The minimum atomic E-state index is -0.147. The molecular weight excluding hydrogens is 323 g/mol. The summed E-state index contributed by atoms with van der Waals surface area (Å²) in [5, 5.41) is 0. The molecule has 1 aromatic rings. The van der Waals surface area contributed by atoms with Crippen LogP contribution in [0.3, 0.4) is 0 Å². The Morgan fingerprint density at radius 2 is 1.82 bits per heavy atom. The van der Waals surface area contributed by atoms with E-state index in [2.05, 4.69) is 74.6 Å². The Kier molecular flexibility index (Phi) is 5.93. The summed E-state index contributed by atoms with van der Waals surface area (Å²) in [5.74, 6) is 0.589. The fraction of sp³-hybridized carbons (Fsp3) is 0.600. The second-order valence-corrected chi connectivity index (χ2v) is 5.75. The maximum Gasteiger partial charge on any atom is 0.0992 e. The van der Waals surface area contributed by atoms with E-state index in [-0.39, 0.29) is 5.60 Å². The number of ether oxygens (including phenoxy) is 1. The van der Waals surface area contributed by atoms with Crippen LogP contribution in [0.4, 0.5) is 0 Å². The summed E-state index contributed by atoms with van der Waals surface area (Å²) >= 11 is 2.41. The van der Waals surface area contributed by atoms with E-state index in [0.29, 0.717) is 5.92 Å². The number of hydrogen-bond donors (Lipinski definition) is 0. The molecule has 2 heteroatoms. The number of halogens is 1. The highest BCUT2D eigenvalue weighted by Crippen LogP contribution is 2.29. The van der Waals surface area contributed by atoms with Crippen LogP contribution in [0, 0.1) is 0 Å². The van der Waals surface area contributed by atoms with Crippen LogP contribution in [0.25, 0.3) is 0 Å². The number of benzene rings is 1. The standard InChI is InChI=1S/C15H23IO/c1-5-10-17-15(4,11-16)14-8-6-13(7-9-14)12(2)3/h6-9,12H,5,10-11H2,1-4H3. The molecule has 1 unspecified atom stereocenters. The Labute approximate surface area is 119 Å². The van der Waals surface area contributed by atoms with E-state index >= 15 is 0 Å². The van der Waals surface area contributed by atoms with E-state index in [0.717, 1.165) is 17.5 Å². The van der Waals surface area contributed by atoms with Crippen LogP contribution < -0.4 is 0 Å². The Balaban J connectivity index is 2.88. The van der Waals surface area contributed by atoms with Gasteiger partial charge < -0.3 is 4.74 Å². The third-order valence-electron chi connectivity index (χ3n) is 3.07. The second-order valence-electron chi connectivity index (χ2n) is 4.99. The zero-order valence-electron chi connectivity index (χ0n) is 11.3. The third-order valence-corrected chi connectivity index (χ3v) is 4.52. The summed E-state index contributed by atoms with van der Waals surface area (Å²) in [4.78, 5) is 0. The molecule has 0 fully saturated rings. The lowest BCUT2D eigenvalue weighted by Gasteiger charge is -2.28. The largest absolute Gasteiger partial charge is 0.370 e. The van der Waals surface area contributed by atoms with Crippen LogP contribution in [0.1, 0.15) is 51.2 Å². The molecule has 1 nitrogen and oxygen atoms in total. The molecule has 0 saturated heterocycles. The molecule has 0 spiro atoms. The van der Waals surface area contributed by atoms with E-state index < -0.39 is 0 Å². The van der Waals surface area contributed by atoms with Gasteiger partial charge in [0.05, 0.1) is 5.60 Å². The first kappa shape index (κ1) is 15.0. The molecule has 1 aromatic carbocycles. The van der Waals surface area contributed by atoms with E-state index in [1.54, 1.807) is 0 Å². The molecule has 0 aliphatic carbocycles. The molecule has 1 rings (SSSR count). The molecule has 0 radical (unpaired) electrons. The van der Waals surface area contributed by atoms with Gasteiger partial charge in [0.25, 0.3) is 0 Å². The lowest BCUT2D eigenvalue weighted by Crippen LogP contribution is -2.28. The molecule has 96 valence electrons. The molecule has 0 N–H and O–H groups in total. The van der Waals surface area contributed by atoms with Gasteiger partial charge in [0.1, 0.15) is 0 Å². The number of alkyl halides is 1. The van der Waals surface area contributed by atoms with E-state index in [1.165, 1.54) is 11.1 Å². The van der Waals surface area contributed by atoms with Gasteiger partial charge in [0.15, 0.2) is 0 Å². The van der Waals surface area contributed by atoms with Crippen molar-refractivity contribution in [1.82, 2.24) is 0 Å². The molecule has 0 aliphatic heterocycles. The predicted octanol–water partition coefficient (Wildman–Crippen LogP) is 4.89. The highest BCUT2D eigenvalue weighted by Gasteiger charge is 2.25. The Hall–Kier alpha value is -0.0900. The summed E-state index contributed by atoms with van der Waals surface area (Å²) in [5.41, 5.74) is 2.52. The maximum atomic E-state index is 6.01. The van der Waals surface area contributed by atoms with Crippen molar-refractivity contribution in [3.63, 3.8) is 0 Å². The average molecular weight is 346 g/mol. The Morgan fingerprint density at radius 3 is 2.24 bits per heavy atom. The van der Waals surface area contributed by atoms with Gasteiger partial charge in [-0.05, 0) is 30.4 Å². The minimum absolute atomic E-state index is 0.147. The molecule has 0 heterocycles. The quantitative estimate of drug-likeness (QED) is 0.527. The van der Waals surface area contributed by atoms with E-state index in [1.807, 2.05) is 0 Å². The van der Waals surface area contributed by atoms with Crippen LogP contribution in [0.2, 0.25) is 0 Å². The van der Waals surface area contributed by atoms with Crippen LogP contribution in [-0.4, -0.2) is 11.0 Å². The highest BCUT2D eigenvalue weighted by molar-refractivity contribution is 14.1. The van der Waals surface area contributed by atoms with Gasteiger partial charge in [0.2, 0.25) is 0 Å². The lowest BCUT2D eigenvalue weighted by atomic mass is 9.94. The molecular formula is C15H23IO. The molecule has 0 aliphatic rings. The zero-order chi connectivity index (χ0) is 12.9. The van der Waals surface area contributed by atoms with E-state index in [9.17, 15) is 0 Å². The van der Waals surface area contributed by atoms with Crippen molar-refractivity contribution in [1.29, 1.82) is 0 Å². The number of rotatable bonds is 6. The molecule has 0 bridgehead atoms. The first-order valence-corrected chi connectivity index (χ1v) is 7.86. The monoisotopic (exact) mass is 346 g/mol. The van der Waals surface area contributed by atoms with Crippen LogP contribution in [0.15, 0.2) is 24.3 Å². The average Bonchev–Trinajstić information content (AvgIpc) is 2.36. The van der Waals surface area contributed by atoms with Crippen molar-refractivity contribution in [2.45, 2.75) is 45.6 Å². The van der Waals surface area contributed by atoms with Gasteiger partial charge in [-0.3, -0.25) is 0 Å². The molecule has 0 amide bonds. The molecule has 17 heavy (non-hydrogen) atoms. The highest BCUT2D eigenvalue weighted by atomic mass is 127. The maximum absolute atomic E-state index is 6.01. The summed E-state index contributed by atoms with van der Waals surface area (Å²) in [6, 6.07) is 8.87. The van der Waals surface area contributed by atoms with Gasteiger partial charge in [-0.2, -0.15) is 0 Å². The van der Waals surface area contributed by atoms with Crippen LogP contribution in [0.5, 0.6) is 0 Å². The Bertz CT molecular complexity index is 331. The van der Waals surface area contributed by atoms with Gasteiger partial charge in [-0.15, -0.1) is 0 Å². The predicted molar refractivity (Wildman–Crippen MR) is 83.0 cm³/mol. The molecule has 1 atom stereocenters. The fourth-order valence-corrected chi connectivity index (χ4v) is 2.41. The minimum Gasteiger partial charge on any atom is -0.370 e. The summed E-state index contributed by atoms with van der Waals surface area (Å²) < 4.78 is 6.98. The normalized spacial score (nSPS) is 14.9. The van der Waals surface area contributed by atoms with Gasteiger partial charge in [-0.1, -0.05) is 67.6 Å². The van der Waals surface area contributed by atoms with Crippen LogP contribution in [-0.2, 0) is 10.3 Å². The molecule has 0 aromatic heterocycles. The van der Waals surface area contributed by atoms with E-state index in [4.69, 9.17) is 4.74 Å². The van der Waals surface area contributed by atoms with Crippen molar-refractivity contribution in [2.24, 2.45) is 0 Å². The van der Waals surface area contributed by atoms with Crippen molar-refractivity contribution in [3.8, 4) is 0 Å². The lowest BCUT2D eigenvalue weighted by molar-refractivity contribution is -0.0150. The van der Waals surface area contributed by atoms with Crippen LogP contribution >= 0.6 is 22.6 Å². The van der Waals surface area contributed by atoms with Crippen molar-refractivity contribution in [2.75, 3.05) is 11.0 Å². The SMILES string of the molecule is CCCOC(C)(CI)c1ccc(C(C)C)cc1. The van der Waals surface area contributed by atoms with Gasteiger partial charge in [-0.25, -0.2) is 0 Å². The Morgan fingerprint density at radius 1 is 1.24 bits per heavy atom. The first-order valence-electron chi connectivity index (χ1n) is 6.34. The third kappa shape index (κ3) is 3.95. The van der Waals surface area contributed by atoms with Crippen molar-refractivity contribution in [3.05, 3.63) is 35.4 Å². The first-order chi connectivity index (χ1) is 8.03. The summed E-state index contributed by atoms with van der Waals surface area (Å²) in [7, 11) is 0. The van der Waals surface area contributed by atoms with Crippen molar-refractivity contribution < 1.29 is 4.74 Å². The summed E-state index contributed by atoms with van der Waals surface area (Å²) in [6.07, 6.45) is 1.07. The smallest absolute Gasteiger partial charge is 0.0992 e. The number of hydrogen-bond acceptors (Lipinski definition) is 1. The second kappa shape index (κ2) is 6.74. The summed E-state index contributed by atoms with van der Waals surface area (Å²) in [6.45, 7) is 9.60. The zero-order valence-corrected chi connectivity index (χ0v) is 13.5. The molecule has 0 saturated carbocycles. The van der Waals surface area contributed by atoms with Gasteiger partial charge in [0, 0.05) is 11.0 Å². The topological polar surface area (TPSA) is 9.23 Å². The van der Waals surface area contributed by atoms with Gasteiger partial charge >= 0.3 is 0 Å².